The van der Waals surface area contributed by atoms with Crippen molar-refractivity contribution in [3.8, 4) is 0 Å². The van der Waals surface area contributed by atoms with Crippen molar-refractivity contribution in [1.82, 2.24) is 25.4 Å². The second-order valence-corrected chi connectivity index (χ2v) is 6.00. The van der Waals surface area contributed by atoms with Crippen molar-refractivity contribution in [2.24, 2.45) is 13.0 Å². The minimum Gasteiger partial charge on any atom is -0.320 e. The molecule has 2 heterocycles. The Labute approximate surface area is 115 Å². The maximum absolute atomic E-state index is 4.16. The summed E-state index contributed by atoms with van der Waals surface area (Å²) in [7, 11) is 2.01. The summed E-state index contributed by atoms with van der Waals surface area (Å²) in [6.45, 7) is 2.04. The number of rotatable bonds is 4. The van der Waals surface area contributed by atoms with Crippen LogP contribution in [0, 0.1) is 5.92 Å². The highest BCUT2D eigenvalue weighted by molar-refractivity contribution is 4.93. The predicted molar refractivity (Wildman–Crippen MR) is 74.6 cm³/mol. The smallest absolute Gasteiger partial charge is 0.146 e. The van der Waals surface area contributed by atoms with Crippen molar-refractivity contribution < 1.29 is 0 Å². The number of nitrogens with one attached hydrogen (secondary N) is 2. The van der Waals surface area contributed by atoms with Crippen molar-refractivity contribution in [2.75, 3.05) is 6.54 Å². The molecule has 0 radical (unpaired) electrons. The molecule has 5 heteroatoms. The van der Waals surface area contributed by atoms with Crippen LogP contribution in [0.15, 0.2) is 6.33 Å². The van der Waals surface area contributed by atoms with Gasteiger partial charge >= 0.3 is 0 Å². The monoisotopic (exact) mass is 263 g/mol. The maximum Gasteiger partial charge on any atom is 0.146 e. The molecule has 19 heavy (non-hydrogen) atoms. The Bertz CT molecular complexity index is 396. The Morgan fingerprint density at radius 1 is 1.32 bits per heavy atom. The van der Waals surface area contributed by atoms with Gasteiger partial charge in [0.2, 0.25) is 0 Å². The molecule has 5 nitrogen and oxygen atoms in total. The number of aryl methyl sites for hydroxylation is 1. The quantitative estimate of drug-likeness (QED) is 0.857. The molecular weight excluding hydrogens is 238 g/mol. The van der Waals surface area contributed by atoms with E-state index in [-0.39, 0.29) is 0 Å². The molecule has 2 N–H and O–H groups in total. The molecule has 3 unspecified atom stereocenters. The van der Waals surface area contributed by atoms with Crippen molar-refractivity contribution in [2.45, 2.75) is 57.2 Å². The zero-order valence-corrected chi connectivity index (χ0v) is 11.8. The number of hydrogen-bond donors (Lipinski definition) is 2. The molecule has 0 spiro atoms. The topological polar surface area (TPSA) is 54.8 Å². The Hall–Kier alpha value is -0.940. The summed E-state index contributed by atoms with van der Waals surface area (Å²) < 4.78 is 2.00. The van der Waals surface area contributed by atoms with Gasteiger partial charge in [0, 0.05) is 19.1 Å². The van der Waals surface area contributed by atoms with Crippen molar-refractivity contribution in [3.63, 3.8) is 0 Å². The van der Waals surface area contributed by atoms with Gasteiger partial charge in [0.25, 0.3) is 0 Å². The lowest BCUT2D eigenvalue weighted by molar-refractivity contribution is 0.212. The fraction of sp³-hybridized carbons (Fsp3) is 0.857. The molecular formula is C14H25N5. The molecule has 1 saturated heterocycles. The van der Waals surface area contributed by atoms with E-state index >= 15 is 0 Å². The van der Waals surface area contributed by atoms with Crippen molar-refractivity contribution >= 4 is 0 Å². The van der Waals surface area contributed by atoms with Gasteiger partial charge in [-0.3, -0.25) is 0 Å². The van der Waals surface area contributed by atoms with E-state index in [0.717, 1.165) is 24.3 Å². The molecule has 1 aliphatic heterocycles. The van der Waals surface area contributed by atoms with Gasteiger partial charge in [-0.05, 0) is 38.1 Å². The molecule has 0 amide bonds. The summed E-state index contributed by atoms with van der Waals surface area (Å²) in [6, 6.07) is 1.37. The Morgan fingerprint density at radius 2 is 2.21 bits per heavy atom. The summed E-state index contributed by atoms with van der Waals surface area (Å²) in [5.41, 5.74) is 0. The van der Waals surface area contributed by atoms with Crippen LogP contribution in [0.1, 0.15) is 44.3 Å². The van der Waals surface area contributed by atoms with Crippen LogP contribution in [0.25, 0.3) is 0 Å². The zero-order valence-electron chi connectivity index (χ0n) is 11.8. The van der Waals surface area contributed by atoms with Crippen LogP contribution in [-0.4, -0.2) is 33.4 Å². The Morgan fingerprint density at radius 3 is 2.95 bits per heavy atom. The fourth-order valence-electron chi connectivity index (χ4n) is 3.66. The molecule has 106 valence electrons. The first kappa shape index (κ1) is 13.1. The highest BCUT2D eigenvalue weighted by atomic mass is 15.3. The molecule has 2 fully saturated rings. The van der Waals surface area contributed by atoms with E-state index in [2.05, 4.69) is 20.8 Å². The fourth-order valence-corrected chi connectivity index (χ4v) is 3.66. The average Bonchev–Trinajstić information content (AvgIpc) is 3.08. The molecule has 1 saturated carbocycles. The van der Waals surface area contributed by atoms with E-state index in [1.54, 1.807) is 6.33 Å². The Balaban J connectivity index is 1.59. The first-order chi connectivity index (χ1) is 9.34. The summed E-state index contributed by atoms with van der Waals surface area (Å²) in [5, 5.41) is 15.5. The third-order valence-corrected chi connectivity index (χ3v) is 4.76. The van der Waals surface area contributed by atoms with Gasteiger partial charge in [-0.2, -0.15) is 0 Å². The van der Waals surface area contributed by atoms with Crippen molar-refractivity contribution in [3.05, 3.63) is 12.2 Å². The molecule has 1 aromatic rings. The lowest BCUT2D eigenvalue weighted by Crippen LogP contribution is -2.46. The van der Waals surface area contributed by atoms with E-state index in [1.165, 1.54) is 45.1 Å². The molecule has 0 aromatic carbocycles. The van der Waals surface area contributed by atoms with Crippen LogP contribution >= 0.6 is 0 Å². The first-order valence-electron chi connectivity index (χ1n) is 7.64. The van der Waals surface area contributed by atoms with E-state index in [1.807, 2.05) is 11.6 Å². The van der Waals surface area contributed by atoms with Gasteiger partial charge in [-0.1, -0.05) is 12.8 Å². The Kier molecular flexibility index (Phi) is 4.13. The highest BCUT2D eigenvalue weighted by Gasteiger charge is 2.32. The molecule has 0 bridgehead atoms. The average molecular weight is 263 g/mol. The van der Waals surface area contributed by atoms with Gasteiger partial charge in [0.05, 0.1) is 6.54 Å². The van der Waals surface area contributed by atoms with E-state index in [0.29, 0.717) is 6.04 Å². The lowest BCUT2D eigenvalue weighted by Gasteiger charge is -2.36. The number of nitrogens with zero attached hydrogens (tertiary/aromatic N) is 3. The van der Waals surface area contributed by atoms with Gasteiger partial charge in [0.15, 0.2) is 0 Å². The number of hydrogen-bond acceptors (Lipinski definition) is 4. The third-order valence-electron chi connectivity index (χ3n) is 4.76. The third kappa shape index (κ3) is 2.98. The summed E-state index contributed by atoms with van der Waals surface area (Å²) in [6.07, 6.45) is 9.90. The van der Waals surface area contributed by atoms with E-state index in [9.17, 15) is 0 Å². The summed E-state index contributed by atoms with van der Waals surface area (Å²) in [5.74, 6) is 1.83. The van der Waals surface area contributed by atoms with Gasteiger partial charge < -0.3 is 15.2 Å². The van der Waals surface area contributed by atoms with Crippen LogP contribution in [-0.2, 0) is 13.6 Å². The lowest BCUT2D eigenvalue weighted by atomic mass is 9.79. The molecule has 2 aliphatic rings. The van der Waals surface area contributed by atoms with Gasteiger partial charge in [-0.15, -0.1) is 10.2 Å². The van der Waals surface area contributed by atoms with Crippen LogP contribution in [0.2, 0.25) is 0 Å². The summed E-state index contributed by atoms with van der Waals surface area (Å²) in [4.78, 5) is 0. The normalized spacial score (nSPS) is 31.7. The molecule has 3 atom stereocenters. The minimum atomic E-state index is 0.640. The first-order valence-corrected chi connectivity index (χ1v) is 7.64. The van der Waals surface area contributed by atoms with Crippen molar-refractivity contribution in [1.29, 1.82) is 0 Å². The zero-order chi connectivity index (χ0) is 13.1. The molecule has 1 aromatic heterocycles. The van der Waals surface area contributed by atoms with Gasteiger partial charge in [0.1, 0.15) is 12.2 Å². The van der Waals surface area contributed by atoms with Crippen LogP contribution < -0.4 is 10.6 Å². The molecule has 3 rings (SSSR count). The maximum atomic E-state index is 4.16. The van der Waals surface area contributed by atoms with Crippen LogP contribution in [0.5, 0.6) is 0 Å². The van der Waals surface area contributed by atoms with E-state index < -0.39 is 0 Å². The largest absolute Gasteiger partial charge is 0.320 e. The minimum absolute atomic E-state index is 0.640. The van der Waals surface area contributed by atoms with Crippen LogP contribution in [0.3, 0.4) is 0 Å². The molecule has 1 aliphatic carbocycles. The SMILES string of the molecule is Cn1cnnc1CNC1CCCCC1C1CCCN1. The summed E-state index contributed by atoms with van der Waals surface area (Å²) >= 11 is 0. The predicted octanol–water partition coefficient (Wildman–Crippen LogP) is 1.22. The number of aromatic nitrogens is 3. The van der Waals surface area contributed by atoms with E-state index in [4.69, 9.17) is 0 Å². The second-order valence-electron chi connectivity index (χ2n) is 6.00. The van der Waals surface area contributed by atoms with Crippen LogP contribution in [0.4, 0.5) is 0 Å². The highest BCUT2D eigenvalue weighted by Crippen LogP contribution is 2.30. The second kappa shape index (κ2) is 6.01. The standard InChI is InChI=1S/C14H25N5/c1-19-10-17-18-14(19)9-16-13-6-3-2-5-11(13)12-7-4-8-15-12/h10-13,15-16H,2-9H2,1H3. The van der Waals surface area contributed by atoms with Gasteiger partial charge in [-0.25, -0.2) is 0 Å².